The van der Waals surface area contributed by atoms with Gasteiger partial charge < -0.3 is 10.1 Å². The summed E-state index contributed by atoms with van der Waals surface area (Å²) in [6.07, 6.45) is -0.813. The van der Waals surface area contributed by atoms with Gasteiger partial charge in [0.15, 0.2) is 0 Å². The molecule has 1 aromatic heterocycles. The molecule has 3 heteroatoms. The number of H-pyrrole nitrogens is 1. The van der Waals surface area contributed by atoms with E-state index in [2.05, 4.69) is 4.98 Å². The van der Waals surface area contributed by atoms with E-state index in [-0.39, 0.29) is 5.82 Å². The summed E-state index contributed by atoms with van der Waals surface area (Å²) in [5, 5.41) is 10.4. The molecule has 1 atom stereocenters. The second-order valence-corrected chi connectivity index (χ2v) is 4.88. The minimum absolute atomic E-state index is 0.318. The fourth-order valence-corrected chi connectivity index (χ4v) is 2.24. The third-order valence-corrected chi connectivity index (χ3v) is 3.50. The summed E-state index contributed by atoms with van der Waals surface area (Å²) in [5.41, 5.74) is 5.34. The van der Waals surface area contributed by atoms with Crippen molar-refractivity contribution >= 4 is 0 Å². The Hall–Kier alpha value is -1.61. The molecule has 0 bridgehead atoms. The van der Waals surface area contributed by atoms with Crippen molar-refractivity contribution < 1.29 is 9.50 Å². The predicted octanol–water partition coefficient (Wildman–Crippen LogP) is 3.47. The van der Waals surface area contributed by atoms with Gasteiger partial charge >= 0.3 is 0 Å². The van der Waals surface area contributed by atoms with Gasteiger partial charge in [0.2, 0.25) is 0 Å². The lowest BCUT2D eigenvalue weighted by molar-refractivity contribution is 0.214. The molecular weight excluding hydrogens is 229 g/mol. The zero-order valence-electron chi connectivity index (χ0n) is 11.1. The number of aromatic nitrogens is 1. The van der Waals surface area contributed by atoms with Gasteiger partial charge in [0, 0.05) is 5.69 Å². The molecule has 0 fully saturated rings. The molecule has 1 heterocycles. The maximum Gasteiger partial charge on any atom is 0.123 e. The molecule has 0 saturated carbocycles. The molecule has 2 N–H and O–H groups in total. The number of benzene rings is 1. The van der Waals surface area contributed by atoms with Crippen molar-refractivity contribution in [1.29, 1.82) is 0 Å². The summed E-state index contributed by atoms with van der Waals surface area (Å²) in [6.45, 7) is 7.75. The topological polar surface area (TPSA) is 36.0 Å². The van der Waals surface area contributed by atoms with E-state index < -0.39 is 6.10 Å². The largest absolute Gasteiger partial charge is 0.382 e. The van der Waals surface area contributed by atoms with Crippen LogP contribution in [0.4, 0.5) is 4.39 Å². The number of halogens is 1. The van der Waals surface area contributed by atoms with Gasteiger partial charge in [-0.3, -0.25) is 0 Å². The number of aromatic amines is 1. The molecular formula is C15H18FNO. The van der Waals surface area contributed by atoms with Crippen LogP contribution in [-0.2, 0) is 0 Å². The van der Waals surface area contributed by atoms with Gasteiger partial charge in [-0.05, 0) is 62.1 Å². The number of rotatable bonds is 2. The van der Waals surface area contributed by atoms with Gasteiger partial charge in [-0.25, -0.2) is 4.39 Å². The molecule has 0 radical (unpaired) electrons. The number of aryl methyl sites for hydroxylation is 2. The van der Waals surface area contributed by atoms with E-state index in [1.54, 1.807) is 6.07 Å². The average molecular weight is 247 g/mol. The Morgan fingerprint density at radius 2 is 1.72 bits per heavy atom. The number of hydrogen-bond donors (Lipinski definition) is 2. The first-order valence-electron chi connectivity index (χ1n) is 6.01. The van der Waals surface area contributed by atoms with Crippen molar-refractivity contribution in [3.05, 3.63) is 57.7 Å². The first-order valence-corrected chi connectivity index (χ1v) is 6.01. The van der Waals surface area contributed by atoms with E-state index in [4.69, 9.17) is 0 Å². The van der Waals surface area contributed by atoms with E-state index in [1.807, 2.05) is 27.7 Å². The van der Waals surface area contributed by atoms with Crippen LogP contribution in [0.1, 0.15) is 39.7 Å². The summed E-state index contributed by atoms with van der Waals surface area (Å²) in [6, 6.07) is 4.63. The Kier molecular flexibility index (Phi) is 3.26. The van der Waals surface area contributed by atoms with Crippen LogP contribution >= 0.6 is 0 Å². The first kappa shape index (κ1) is 12.8. The van der Waals surface area contributed by atoms with E-state index in [0.29, 0.717) is 5.56 Å². The van der Waals surface area contributed by atoms with Gasteiger partial charge in [0.25, 0.3) is 0 Å². The number of nitrogens with one attached hydrogen (secondary N) is 1. The lowest BCUT2D eigenvalue weighted by Gasteiger charge is -2.12. The minimum atomic E-state index is -0.813. The van der Waals surface area contributed by atoms with Crippen LogP contribution in [0.25, 0.3) is 0 Å². The Labute approximate surface area is 106 Å². The van der Waals surface area contributed by atoms with Crippen molar-refractivity contribution in [3.8, 4) is 0 Å². The van der Waals surface area contributed by atoms with Crippen LogP contribution in [0, 0.1) is 33.5 Å². The molecule has 1 unspecified atom stereocenters. The Morgan fingerprint density at radius 3 is 2.22 bits per heavy atom. The molecule has 2 aromatic rings. The average Bonchev–Trinajstić information content (AvgIpc) is 2.55. The normalized spacial score (nSPS) is 12.8. The Bertz CT molecular complexity index is 566. The van der Waals surface area contributed by atoms with Crippen LogP contribution in [0.2, 0.25) is 0 Å². The molecule has 0 spiro atoms. The summed E-state index contributed by atoms with van der Waals surface area (Å²) in [4.78, 5) is 3.18. The van der Waals surface area contributed by atoms with Gasteiger partial charge in [-0.15, -0.1) is 0 Å². The van der Waals surface area contributed by atoms with Crippen LogP contribution < -0.4 is 0 Å². The van der Waals surface area contributed by atoms with Crippen LogP contribution in [-0.4, -0.2) is 10.1 Å². The highest BCUT2D eigenvalue weighted by atomic mass is 19.1. The van der Waals surface area contributed by atoms with Crippen LogP contribution in [0.3, 0.4) is 0 Å². The number of aliphatic hydroxyl groups is 1. The minimum Gasteiger partial charge on any atom is -0.382 e. The molecule has 2 rings (SSSR count). The molecule has 2 nitrogen and oxygen atoms in total. The standard InChI is InChI=1S/C15H18FNO/c1-8-5-12(7-13(16)6-8)15(18)14-10(3)9(2)11(4)17-14/h5-7,15,17-18H,1-4H3. The highest BCUT2D eigenvalue weighted by Gasteiger charge is 2.18. The summed E-state index contributed by atoms with van der Waals surface area (Å²) in [7, 11) is 0. The molecule has 0 aliphatic carbocycles. The smallest absolute Gasteiger partial charge is 0.123 e. The molecule has 1 aromatic carbocycles. The SMILES string of the molecule is Cc1cc(F)cc(C(O)c2[nH]c(C)c(C)c2C)c1. The molecule has 0 saturated heterocycles. The quantitative estimate of drug-likeness (QED) is 0.837. The van der Waals surface area contributed by atoms with Gasteiger partial charge in [-0.1, -0.05) is 6.07 Å². The second-order valence-electron chi connectivity index (χ2n) is 4.88. The maximum absolute atomic E-state index is 13.4. The summed E-state index contributed by atoms with van der Waals surface area (Å²) >= 11 is 0. The summed E-state index contributed by atoms with van der Waals surface area (Å²) < 4.78 is 13.4. The van der Waals surface area contributed by atoms with Gasteiger partial charge in [0.05, 0.1) is 5.69 Å². The number of aliphatic hydroxyl groups excluding tert-OH is 1. The van der Waals surface area contributed by atoms with Crippen molar-refractivity contribution in [1.82, 2.24) is 4.98 Å². The molecule has 96 valence electrons. The monoisotopic (exact) mass is 247 g/mol. The third kappa shape index (κ3) is 2.18. The first-order chi connectivity index (χ1) is 8.40. The Morgan fingerprint density at radius 1 is 1.06 bits per heavy atom. The number of hydrogen-bond acceptors (Lipinski definition) is 1. The molecule has 0 aliphatic heterocycles. The fourth-order valence-electron chi connectivity index (χ4n) is 2.24. The lowest BCUT2D eigenvalue weighted by atomic mass is 10.0. The van der Waals surface area contributed by atoms with Crippen molar-refractivity contribution in [2.75, 3.05) is 0 Å². The summed E-state index contributed by atoms with van der Waals surface area (Å²) in [5.74, 6) is -0.318. The van der Waals surface area contributed by atoms with E-state index in [9.17, 15) is 9.50 Å². The van der Waals surface area contributed by atoms with Crippen molar-refractivity contribution in [2.24, 2.45) is 0 Å². The zero-order valence-corrected chi connectivity index (χ0v) is 11.1. The van der Waals surface area contributed by atoms with Crippen molar-refractivity contribution in [2.45, 2.75) is 33.8 Å². The lowest BCUT2D eigenvalue weighted by Crippen LogP contribution is -2.03. The van der Waals surface area contributed by atoms with Crippen LogP contribution in [0.15, 0.2) is 18.2 Å². The highest BCUT2D eigenvalue weighted by Crippen LogP contribution is 2.28. The van der Waals surface area contributed by atoms with E-state index in [1.165, 1.54) is 12.1 Å². The molecule has 0 aliphatic rings. The maximum atomic E-state index is 13.4. The third-order valence-electron chi connectivity index (χ3n) is 3.50. The predicted molar refractivity (Wildman–Crippen MR) is 70.2 cm³/mol. The van der Waals surface area contributed by atoms with E-state index in [0.717, 1.165) is 28.1 Å². The van der Waals surface area contributed by atoms with Gasteiger partial charge in [0.1, 0.15) is 11.9 Å². The van der Waals surface area contributed by atoms with Gasteiger partial charge in [-0.2, -0.15) is 0 Å². The molecule has 0 amide bonds. The van der Waals surface area contributed by atoms with E-state index >= 15 is 0 Å². The second kappa shape index (κ2) is 4.58. The Balaban J connectivity index is 2.47. The fraction of sp³-hybridized carbons (Fsp3) is 0.333. The van der Waals surface area contributed by atoms with Crippen molar-refractivity contribution in [3.63, 3.8) is 0 Å². The highest BCUT2D eigenvalue weighted by molar-refractivity contribution is 5.40. The molecule has 18 heavy (non-hydrogen) atoms. The van der Waals surface area contributed by atoms with Crippen LogP contribution in [0.5, 0.6) is 0 Å². The zero-order chi connectivity index (χ0) is 13.4.